The van der Waals surface area contributed by atoms with E-state index in [9.17, 15) is 4.79 Å². The van der Waals surface area contributed by atoms with Crippen molar-refractivity contribution in [3.8, 4) is 23.0 Å². The van der Waals surface area contributed by atoms with Gasteiger partial charge in [0.05, 0.1) is 14.2 Å². The van der Waals surface area contributed by atoms with E-state index in [1.807, 2.05) is 30.3 Å². The summed E-state index contributed by atoms with van der Waals surface area (Å²) >= 11 is 0. The Bertz CT molecular complexity index is 892. The van der Waals surface area contributed by atoms with Crippen molar-refractivity contribution in [3.63, 3.8) is 0 Å². The average molecular weight is 428 g/mol. The fraction of sp³-hybridized carbons (Fsp3) is 0.480. The van der Waals surface area contributed by atoms with Gasteiger partial charge in [0.15, 0.2) is 11.5 Å². The number of ketones is 1. The summed E-state index contributed by atoms with van der Waals surface area (Å²) in [4.78, 5) is 14.9. The van der Waals surface area contributed by atoms with Gasteiger partial charge in [0, 0.05) is 24.9 Å². The predicted molar refractivity (Wildman–Crippen MR) is 121 cm³/mol. The summed E-state index contributed by atoms with van der Waals surface area (Å²) in [6.07, 6.45) is 2.54. The molecular formula is C25H33NO5. The van der Waals surface area contributed by atoms with Crippen LogP contribution in [0.4, 0.5) is 0 Å². The third-order valence-corrected chi connectivity index (χ3v) is 5.65. The number of benzene rings is 2. The highest BCUT2D eigenvalue weighted by molar-refractivity contribution is 5.80. The number of nitrogens with zero attached hydrogens (tertiary/aromatic N) is 1. The van der Waals surface area contributed by atoms with Crippen molar-refractivity contribution in [1.82, 2.24) is 4.90 Å². The molecule has 1 aliphatic heterocycles. The molecule has 168 valence electrons. The molecule has 3 rings (SSSR count). The lowest BCUT2D eigenvalue weighted by Crippen LogP contribution is -2.17. The van der Waals surface area contributed by atoms with Crippen LogP contribution in [0.2, 0.25) is 0 Å². The average Bonchev–Trinajstić information content (AvgIpc) is 3.23. The van der Waals surface area contributed by atoms with Crippen LogP contribution in [0.5, 0.6) is 23.0 Å². The molecule has 0 aromatic heterocycles. The number of likely N-dealkylation sites (N-methyl/N-ethyl adjacent to an activating group) is 1. The zero-order chi connectivity index (χ0) is 22.4. The molecular weight excluding hydrogens is 394 g/mol. The van der Waals surface area contributed by atoms with Crippen LogP contribution in [-0.2, 0) is 17.6 Å². The number of fused-ring (bicyclic) bond motifs is 1. The van der Waals surface area contributed by atoms with Crippen LogP contribution in [-0.4, -0.2) is 52.3 Å². The lowest BCUT2D eigenvalue weighted by atomic mass is 9.87. The smallest absolute Gasteiger partial charge is 0.231 e. The van der Waals surface area contributed by atoms with Crippen LogP contribution < -0.4 is 18.9 Å². The van der Waals surface area contributed by atoms with Crippen molar-refractivity contribution in [3.05, 3.63) is 47.0 Å². The van der Waals surface area contributed by atoms with E-state index < -0.39 is 0 Å². The maximum absolute atomic E-state index is 12.8. The summed E-state index contributed by atoms with van der Waals surface area (Å²) in [5.41, 5.74) is 3.32. The van der Waals surface area contributed by atoms with E-state index in [-0.39, 0.29) is 18.5 Å². The van der Waals surface area contributed by atoms with E-state index in [4.69, 9.17) is 18.9 Å². The molecule has 0 amide bonds. The topological polar surface area (TPSA) is 57.2 Å². The van der Waals surface area contributed by atoms with Gasteiger partial charge in [0.2, 0.25) is 12.5 Å². The molecule has 6 heteroatoms. The van der Waals surface area contributed by atoms with Gasteiger partial charge in [-0.25, -0.2) is 0 Å². The number of carbonyl (C=O) groups is 1. The van der Waals surface area contributed by atoms with Gasteiger partial charge < -0.3 is 23.8 Å². The molecule has 0 aliphatic carbocycles. The monoisotopic (exact) mass is 427 g/mol. The van der Waals surface area contributed by atoms with Crippen molar-refractivity contribution in [2.45, 2.75) is 38.5 Å². The Balaban J connectivity index is 1.74. The minimum Gasteiger partial charge on any atom is -0.497 e. The Morgan fingerprint density at radius 2 is 1.84 bits per heavy atom. The summed E-state index contributed by atoms with van der Waals surface area (Å²) in [6.45, 7) is 3.18. The van der Waals surface area contributed by atoms with Crippen molar-refractivity contribution < 1.29 is 23.7 Å². The number of rotatable bonds is 11. The highest BCUT2D eigenvalue weighted by Gasteiger charge is 2.28. The lowest BCUT2D eigenvalue weighted by molar-refractivity contribution is -0.119. The summed E-state index contributed by atoms with van der Waals surface area (Å²) in [5.74, 6) is 3.13. The van der Waals surface area contributed by atoms with Crippen molar-refractivity contribution in [2.24, 2.45) is 0 Å². The van der Waals surface area contributed by atoms with Gasteiger partial charge >= 0.3 is 0 Å². The number of hydrogen-bond acceptors (Lipinski definition) is 6. The standard InChI is InChI=1S/C25H33NO5/c1-17(14-20(27)9-6-18-7-10-21(28-4)11-8-18)23-19(12-13-26(2)3)15-22-24(25(23)29-5)31-16-30-22/h7-8,10-11,15,17H,6,9,12-14,16H2,1-5H3. The second kappa shape index (κ2) is 10.5. The second-order valence-electron chi connectivity index (χ2n) is 8.26. The first-order valence-corrected chi connectivity index (χ1v) is 10.7. The highest BCUT2D eigenvalue weighted by atomic mass is 16.7. The molecule has 0 saturated carbocycles. The Kier molecular flexibility index (Phi) is 7.80. The van der Waals surface area contributed by atoms with Crippen molar-refractivity contribution in [1.29, 1.82) is 0 Å². The van der Waals surface area contributed by atoms with Crippen LogP contribution in [0.1, 0.15) is 42.4 Å². The molecule has 1 heterocycles. The molecule has 0 fully saturated rings. The van der Waals surface area contributed by atoms with Crippen LogP contribution in [0.15, 0.2) is 30.3 Å². The third-order valence-electron chi connectivity index (χ3n) is 5.65. The maximum atomic E-state index is 12.8. The third kappa shape index (κ3) is 5.70. The number of Topliss-reactive ketones (excluding diaryl/α,β-unsaturated/α-hetero) is 1. The molecule has 1 unspecified atom stereocenters. The second-order valence-corrected chi connectivity index (χ2v) is 8.26. The van der Waals surface area contributed by atoms with Gasteiger partial charge in [0.1, 0.15) is 11.5 Å². The quantitative estimate of drug-likeness (QED) is 0.535. The number of hydrogen-bond donors (Lipinski definition) is 0. The number of aryl methyl sites for hydroxylation is 1. The fourth-order valence-electron chi connectivity index (χ4n) is 3.99. The van der Waals surface area contributed by atoms with Gasteiger partial charge in [-0.15, -0.1) is 0 Å². The fourth-order valence-corrected chi connectivity index (χ4v) is 3.99. The Morgan fingerprint density at radius 3 is 2.48 bits per heavy atom. The van der Waals surface area contributed by atoms with Gasteiger partial charge in [-0.2, -0.15) is 0 Å². The molecule has 2 aromatic rings. The first-order chi connectivity index (χ1) is 14.9. The van der Waals surface area contributed by atoms with E-state index in [1.54, 1.807) is 14.2 Å². The summed E-state index contributed by atoms with van der Waals surface area (Å²) in [6, 6.07) is 9.92. The van der Waals surface area contributed by atoms with Crippen LogP contribution in [0.3, 0.4) is 0 Å². The number of methoxy groups -OCH3 is 2. The largest absolute Gasteiger partial charge is 0.497 e. The van der Waals surface area contributed by atoms with Crippen LogP contribution in [0, 0.1) is 0 Å². The van der Waals surface area contributed by atoms with Gasteiger partial charge in [-0.05, 0) is 62.2 Å². The molecule has 1 atom stereocenters. The summed E-state index contributed by atoms with van der Waals surface area (Å²) in [7, 11) is 7.40. The molecule has 0 radical (unpaired) electrons. The van der Waals surface area contributed by atoms with Gasteiger partial charge in [-0.3, -0.25) is 4.79 Å². The number of carbonyl (C=O) groups excluding carboxylic acids is 1. The SMILES string of the molecule is COc1ccc(CCC(=O)CC(C)c2c(CCN(C)C)cc3c(c2OC)OCO3)cc1. The zero-order valence-corrected chi connectivity index (χ0v) is 19.2. The molecule has 0 saturated heterocycles. The summed E-state index contributed by atoms with van der Waals surface area (Å²) in [5, 5.41) is 0. The molecule has 0 N–H and O–H groups in total. The van der Waals surface area contributed by atoms with Crippen molar-refractivity contribution >= 4 is 5.78 Å². The zero-order valence-electron chi connectivity index (χ0n) is 19.2. The summed E-state index contributed by atoms with van der Waals surface area (Å²) < 4.78 is 22.2. The maximum Gasteiger partial charge on any atom is 0.231 e. The lowest BCUT2D eigenvalue weighted by Gasteiger charge is -2.22. The molecule has 6 nitrogen and oxygen atoms in total. The first kappa shape index (κ1) is 22.9. The van der Waals surface area contributed by atoms with E-state index in [0.29, 0.717) is 30.1 Å². The van der Waals surface area contributed by atoms with Crippen LogP contribution >= 0.6 is 0 Å². The Labute approximate surface area is 185 Å². The Morgan fingerprint density at radius 1 is 1.10 bits per heavy atom. The molecule has 0 bridgehead atoms. The van der Waals surface area contributed by atoms with Gasteiger partial charge in [-0.1, -0.05) is 19.1 Å². The van der Waals surface area contributed by atoms with E-state index in [0.717, 1.165) is 41.8 Å². The normalized spacial score (nSPS) is 13.4. The molecule has 31 heavy (non-hydrogen) atoms. The first-order valence-electron chi connectivity index (χ1n) is 10.7. The van der Waals surface area contributed by atoms with Gasteiger partial charge in [0.25, 0.3) is 0 Å². The Hall–Kier alpha value is -2.73. The molecule has 2 aromatic carbocycles. The number of ether oxygens (including phenoxy) is 4. The van der Waals surface area contributed by atoms with E-state index in [1.165, 1.54) is 0 Å². The predicted octanol–water partition coefficient (Wildman–Crippen LogP) is 4.23. The van der Waals surface area contributed by atoms with Crippen LogP contribution in [0.25, 0.3) is 0 Å². The minimum atomic E-state index is 0.0185. The van der Waals surface area contributed by atoms with Crippen molar-refractivity contribution in [2.75, 3.05) is 41.7 Å². The molecule has 1 aliphatic rings. The minimum absolute atomic E-state index is 0.0185. The molecule has 0 spiro atoms. The highest BCUT2D eigenvalue weighted by Crippen LogP contribution is 2.48. The van der Waals surface area contributed by atoms with E-state index >= 15 is 0 Å². The van der Waals surface area contributed by atoms with E-state index in [2.05, 4.69) is 25.9 Å².